The van der Waals surface area contributed by atoms with Gasteiger partial charge >= 0.3 is 0 Å². The first kappa shape index (κ1) is 21.5. The second-order valence-corrected chi connectivity index (χ2v) is 7.80. The summed E-state index contributed by atoms with van der Waals surface area (Å²) in [6, 6.07) is 8.83. The summed E-state index contributed by atoms with van der Waals surface area (Å²) in [5.41, 5.74) is 2.99. The molecule has 0 spiro atoms. The van der Waals surface area contributed by atoms with E-state index < -0.39 is 0 Å². The zero-order chi connectivity index (χ0) is 17.7. The smallest absolute Gasteiger partial charge is 0.193 e. The van der Waals surface area contributed by atoms with E-state index in [9.17, 15) is 0 Å². The van der Waals surface area contributed by atoms with Crippen LogP contribution in [0.2, 0.25) is 0 Å². The van der Waals surface area contributed by atoms with Gasteiger partial charge in [-0.1, -0.05) is 31.2 Å². The summed E-state index contributed by atoms with van der Waals surface area (Å²) < 4.78 is 5.68. The zero-order valence-corrected chi connectivity index (χ0v) is 18.8. The van der Waals surface area contributed by atoms with Gasteiger partial charge in [-0.2, -0.15) is 0 Å². The predicted octanol–water partition coefficient (Wildman–Crippen LogP) is 3.97. The van der Waals surface area contributed by atoms with Crippen molar-refractivity contribution in [2.24, 2.45) is 10.9 Å². The number of nitrogens with zero attached hydrogens (tertiary/aromatic N) is 2. The Bertz CT molecular complexity index is 599. The first-order valence-corrected chi connectivity index (χ1v) is 9.74. The highest BCUT2D eigenvalue weighted by atomic mass is 127. The molecule has 4 nitrogen and oxygen atoms in total. The third kappa shape index (κ3) is 4.91. The fourth-order valence-corrected chi connectivity index (χ4v) is 4.43. The van der Waals surface area contributed by atoms with Crippen LogP contribution in [0.1, 0.15) is 43.7 Å². The lowest BCUT2D eigenvalue weighted by Crippen LogP contribution is -2.51. The van der Waals surface area contributed by atoms with Crippen LogP contribution in [0, 0.1) is 12.8 Å². The molecule has 2 heterocycles. The Balaban J connectivity index is 0.00000243. The number of hydrogen-bond acceptors (Lipinski definition) is 2. The number of benzene rings is 1. The van der Waals surface area contributed by atoms with Gasteiger partial charge in [0.1, 0.15) is 0 Å². The molecular formula is C21H34IN3O. The Morgan fingerprint density at radius 3 is 2.69 bits per heavy atom. The molecule has 5 heteroatoms. The average molecular weight is 471 g/mol. The lowest BCUT2D eigenvalue weighted by molar-refractivity contribution is 0.0509. The van der Waals surface area contributed by atoms with Crippen molar-refractivity contribution >= 4 is 29.9 Å². The second-order valence-electron chi connectivity index (χ2n) is 7.80. The summed E-state index contributed by atoms with van der Waals surface area (Å²) in [6.45, 7) is 9.41. The topological polar surface area (TPSA) is 36.9 Å². The number of piperidine rings is 1. The Kier molecular flexibility index (Phi) is 8.20. The fraction of sp³-hybridized carbons (Fsp3) is 0.667. The van der Waals surface area contributed by atoms with E-state index in [0.29, 0.717) is 0 Å². The van der Waals surface area contributed by atoms with Crippen LogP contribution in [-0.4, -0.2) is 50.8 Å². The Hall–Kier alpha value is -0.820. The molecule has 26 heavy (non-hydrogen) atoms. The van der Waals surface area contributed by atoms with Crippen LogP contribution in [0.3, 0.4) is 0 Å². The van der Waals surface area contributed by atoms with Gasteiger partial charge in [-0.25, -0.2) is 0 Å². The number of nitrogens with one attached hydrogen (secondary N) is 1. The lowest BCUT2D eigenvalue weighted by Gasteiger charge is -2.41. The average Bonchev–Trinajstić information content (AvgIpc) is 2.63. The molecule has 1 unspecified atom stereocenters. The van der Waals surface area contributed by atoms with Crippen molar-refractivity contribution in [1.82, 2.24) is 10.2 Å². The van der Waals surface area contributed by atoms with E-state index in [4.69, 9.17) is 4.74 Å². The third-order valence-electron chi connectivity index (χ3n) is 5.92. The van der Waals surface area contributed by atoms with Crippen molar-refractivity contribution in [3.8, 4) is 0 Å². The quantitative estimate of drug-likeness (QED) is 0.412. The van der Waals surface area contributed by atoms with E-state index in [1.807, 2.05) is 7.05 Å². The van der Waals surface area contributed by atoms with E-state index in [1.54, 1.807) is 0 Å². The third-order valence-corrected chi connectivity index (χ3v) is 5.92. The molecule has 1 N–H and O–H groups in total. The monoisotopic (exact) mass is 471 g/mol. The van der Waals surface area contributed by atoms with Crippen LogP contribution in [-0.2, 0) is 10.2 Å². The molecule has 0 saturated carbocycles. The minimum absolute atomic E-state index is 0. The molecule has 2 saturated heterocycles. The summed E-state index contributed by atoms with van der Waals surface area (Å²) in [5.74, 6) is 1.81. The van der Waals surface area contributed by atoms with Gasteiger partial charge in [-0.15, -0.1) is 24.0 Å². The predicted molar refractivity (Wildman–Crippen MR) is 120 cm³/mol. The van der Waals surface area contributed by atoms with Crippen LogP contribution < -0.4 is 5.32 Å². The summed E-state index contributed by atoms with van der Waals surface area (Å²) in [5, 5.41) is 3.72. The van der Waals surface area contributed by atoms with Gasteiger partial charge < -0.3 is 15.0 Å². The molecule has 0 bridgehead atoms. The highest BCUT2D eigenvalue weighted by molar-refractivity contribution is 14.0. The summed E-state index contributed by atoms with van der Waals surface area (Å²) in [4.78, 5) is 7.01. The minimum Gasteiger partial charge on any atom is -0.381 e. The molecule has 1 aromatic carbocycles. The van der Waals surface area contributed by atoms with E-state index in [2.05, 4.69) is 53.3 Å². The number of halogens is 1. The van der Waals surface area contributed by atoms with E-state index in [-0.39, 0.29) is 29.4 Å². The van der Waals surface area contributed by atoms with Crippen LogP contribution in [0.15, 0.2) is 29.3 Å². The molecule has 1 aromatic rings. The van der Waals surface area contributed by atoms with Crippen molar-refractivity contribution < 1.29 is 4.74 Å². The van der Waals surface area contributed by atoms with Crippen LogP contribution in [0.5, 0.6) is 0 Å². The largest absolute Gasteiger partial charge is 0.381 e. The van der Waals surface area contributed by atoms with Gasteiger partial charge in [0.15, 0.2) is 5.96 Å². The molecule has 2 aliphatic rings. The molecule has 146 valence electrons. The van der Waals surface area contributed by atoms with Crippen molar-refractivity contribution in [2.45, 2.75) is 44.9 Å². The van der Waals surface area contributed by atoms with E-state index >= 15 is 0 Å². The minimum atomic E-state index is 0. The lowest BCUT2D eigenvalue weighted by atomic mass is 9.72. The number of aryl methyl sites for hydroxylation is 1. The molecule has 0 amide bonds. The first-order chi connectivity index (χ1) is 12.1. The second kappa shape index (κ2) is 9.93. The fourth-order valence-electron chi connectivity index (χ4n) is 4.43. The Labute approximate surface area is 175 Å². The molecule has 2 aliphatic heterocycles. The maximum Gasteiger partial charge on any atom is 0.193 e. The van der Waals surface area contributed by atoms with Crippen molar-refractivity contribution in [1.29, 1.82) is 0 Å². The Morgan fingerprint density at radius 1 is 1.31 bits per heavy atom. The van der Waals surface area contributed by atoms with Gasteiger partial charge in [0.2, 0.25) is 0 Å². The number of hydrogen-bond donors (Lipinski definition) is 1. The maximum absolute atomic E-state index is 5.68. The number of guanidine groups is 1. The molecule has 0 aromatic heterocycles. The molecule has 1 atom stereocenters. The molecule has 2 fully saturated rings. The number of aliphatic imine (C=N–C) groups is 1. The van der Waals surface area contributed by atoms with Crippen LogP contribution >= 0.6 is 24.0 Å². The van der Waals surface area contributed by atoms with E-state index in [1.165, 1.54) is 24.0 Å². The number of ether oxygens (including phenoxy) is 1. The van der Waals surface area contributed by atoms with Gasteiger partial charge in [0, 0.05) is 45.3 Å². The highest BCUT2D eigenvalue weighted by Gasteiger charge is 2.36. The first-order valence-electron chi connectivity index (χ1n) is 9.74. The normalized spacial score (nSPS) is 23.3. The number of rotatable bonds is 3. The molecule has 0 aliphatic carbocycles. The van der Waals surface area contributed by atoms with Crippen molar-refractivity contribution in [3.05, 3.63) is 35.4 Å². The molecule has 3 rings (SSSR count). The Morgan fingerprint density at radius 2 is 2.04 bits per heavy atom. The standard InChI is InChI=1S/C21H33N3O.HI/c1-17-7-6-12-24(15-17)20(22-3)23-16-21(10-13-25-14-11-21)19-9-5-4-8-18(19)2;/h4-5,8-9,17H,6-7,10-16H2,1-3H3,(H,22,23);1H. The molecular weight excluding hydrogens is 437 g/mol. The molecule has 0 radical (unpaired) electrons. The van der Waals surface area contributed by atoms with Crippen molar-refractivity contribution in [2.75, 3.05) is 39.9 Å². The summed E-state index contributed by atoms with van der Waals surface area (Å²) in [7, 11) is 1.91. The maximum atomic E-state index is 5.68. The zero-order valence-electron chi connectivity index (χ0n) is 16.5. The number of likely N-dealkylation sites (tertiary alicyclic amines) is 1. The van der Waals surface area contributed by atoms with Crippen molar-refractivity contribution in [3.63, 3.8) is 0 Å². The van der Waals surface area contributed by atoms with Gasteiger partial charge in [0.05, 0.1) is 0 Å². The summed E-state index contributed by atoms with van der Waals surface area (Å²) in [6.07, 6.45) is 4.73. The highest BCUT2D eigenvalue weighted by Crippen LogP contribution is 2.36. The van der Waals surface area contributed by atoms with E-state index in [0.717, 1.165) is 57.6 Å². The van der Waals surface area contributed by atoms with Gasteiger partial charge in [-0.3, -0.25) is 4.99 Å². The van der Waals surface area contributed by atoms with Crippen LogP contribution in [0.4, 0.5) is 0 Å². The van der Waals surface area contributed by atoms with Gasteiger partial charge in [-0.05, 0) is 49.7 Å². The van der Waals surface area contributed by atoms with Gasteiger partial charge in [0.25, 0.3) is 0 Å². The summed E-state index contributed by atoms with van der Waals surface area (Å²) >= 11 is 0. The van der Waals surface area contributed by atoms with Crippen LogP contribution in [0.25, 0.3) is 0 Å². The SMILES string of the molecule is CN=C(NCC1(c2ccccc2C)CCOCC1)N1CCCC(C)C1.I.